The van der Waals surface area contributed by atoms with Crippen molar-refractivity contribution in [3.63, 3.8) is 0 Å². The van der Waals surface area contributed by atoms with Crippen LogP contribution in [-0.4, -0.2) is 44.9 Å². The third-order valence-corrected chi connectivity index (χ3v) is 4.40. The highest BCUT2D eigenvalue weighted by molar-refractivity contribution is 5.89. The molecule has 0 aromatic carbocycles. The van der Waals surface area contributed by atoms with E-state index >= 15 is 0 Å². The number of aromatic nitrogens is 2. The first kappa shape index (κ1) is 13.9. The fraction of sp³-hybridized carbons (Fsp3) is 0.643. The van der Waals surface area contributed by atoms with Gasteiger partial charge in [0.15, 0.2) is 0 Å². The number of carboxylic acids is 1. The highest BCUT2D eigenvalue weighted by Crippen LogP contribution is 2.39. The van der Waals surface area contributed by atoms with Crippen molar-refractivity contribution < 1.29 is 14.7 Å². The smallest absolute Gasteiger partial charge is 0.321 e. The maximum absolute atomic E-state index is 12.1. The second-order valence-corrected chi connectivity index (χ2v) is 5.99. The molecule has 21 heavy (non-hydrogen) atoms. The van der Waals surface area contributed by atoms with E-state index in [1.807, 2.05) is 10.9 Å². The predicted octanol–water partition coefficient (Wildman–Crippen LogP) is 1.79. The molecule has 2 N–H and O–H groups in total. The van der Waals surface area contributed by atoms with Gasteiger partial charge in [-0.3, -0.25) is 9.48 Å². The molecule has 2 heterocycles. The van der Waals surface area contributed by atoms with Crippen molar-refractivity contribution in [1.29, 1.82) is 0 Å². The summed E-state index contributed by atoms with van der Waals surface area (Å²) in [6.45, 7) is 2.89. The minimum Gasteiger partial charge on any atom is -0.481 e. The molecule has 0 radical (unpaired) electrons. The van der Waals surface area contributed by atoms with Gasteiger partial charge >= 0.3 is 12.0 Å². The van der Waals surface area contributed by atoms with E-state index < -0.39 is 11.9 Å². The largest absolute Gasteiger partial charge is 0.481 e. The molecule has 3 rings (SSSR count). The van der Waals surface area contributed by atoms with Gasteiger partial charge in [0, 0.05) is 19.3 Å². The lowest BCUT2D eigenvalue weighted by atomic mass is 10.1. The molecule has 1 saturated heterocycles. The lowest BCUT2D eigenvalue weighted by molar-refractivity contribution is -0.141. The molecular weight excluding hydrogens is 272 g/mol. The monoisotopic (exact) mass is 292 g/mol. The van der Waals surface area contributed by atoms with Crippen LogP contribution in [0.4, 0.5) is 10.5 Å². The van der Waals surface area contributed by atoms with Gasteiger partial charge in [0.2, 0.25) is 0 Å². The fourth-order valence-electron chi connectivity index (χ4n) is 2.77. The number of aliphatic carboxylic acids is 1. The number of carbonyl (C=O) groups excluding carboxylic acids is 1. The van der Waals surface area contributed by atoms with Crippen LogP contribution in [0, 0.1) is 11.8 Å². The standard InChI is InChI=1S/C14H20N4O3/c1-9(10-2-3-10)18-8-12(6-15-18)16-14(21)17-5-4-11(7-17)13(19)20/h6,8-11H,2-5,7H2,1H3,(H,16,21)(H,19,20). The van der Waals surface area contributed by atoms with Crippen molar-refractivity contribution >= 4 is 17.7 Å². The van der Waals surface area contributed by atoms with Crippen molar-refractivity contribution in [2.75, 3.05) is 18.4 Å². The van der Waals surface area contributed by atoms with Crippen molar-refractivity contribution in [3.8, 4) is 0 Å². The Morgan fingerprint density at radius 1 is 1.43 bits per heavy atom. The predicted molar refractivity (Wildman–Crippen MR) is 76.0 cm³/mol. The van der Waals surface area contributed by atoms with Gasteiger partial charge in [-0.2, -0.15) is 5.10 Å². The molecule has 1 aliphatic heterocycles. The van der Waals surface area contributed by atoms with Gasteiger partial charge in [-0.25, -0.2) is 4.79 Å². The number of likely N-dealkylation sites (tertiary alicyclic amines) is 1. The minimum absolute atomic E-state index is 0.252. The number of nitrogens with zero attached hydrogens (tertiary/aromatic N) is 3. The summed E-state index contributed by atoms with van der Waals surface area (Å²) >= 11 is 0. The van der Waals surface area contributed by atoms with Crippen LogP contribution in [0.3, 0.4) is 0 Å². The molecule has 0 spiro atoms. The van der Waals surface area contributed by atoms with Crippen LogP contribution in [-0.2, 0) is 4.79 Å². The Balaban J connectivity index is 1.56. The SMILES string of the molecule is CC(C1CC1)n1cc(NC(=O)N2CCC(C(=O)O)C2)cn1. The molecule has 2 amide bonds. The number of hydrogen-bond acceptors (Lipinski definition) is 3. The molecule has 2 fully saturated rings. The van der Waals surface area contributed by atoms with E-state index in [-0.39, 0.29) is 12.6 Å². The normalized spacial score (nSPS) is 23.1. The van der Waals surface area contributed by atoms with Gasteiger partial charge in [-0.1, -0.05) is 0 Å². The van der Waals surface area contributed by atoms with Crippen molar-refractivity contribution in [2.24, 2.45) is 11.8 Å². The van der Waals surface area contributed by atoms with Gasteiger partial charge in [0.25, 0.3) is 0 Å². The zero-order valence-electron chi connectivity index (χ0n) is 12.0. The molecule has 114 valence electrons. The molecule has 2 unspecified atom stereocenters. The van der Waals surface area contributed by atoms with Crippen molar-refractivity contribution in [2.45, 2.75) is 32.2 Å². The van der Waals surface area contributed by atoms with E-state index in [0.29, 0.717) is 30.6 Å². The van der Waals surface area contributed by atoms with E-state index in [4.69, 9.17) is 5.11 Å². The summed E-state index contributed by atoms with van der Waals surface area (Å²) in [5.74, 6) is -0.590. The highest BCUT2D eigenvalue weighted by atomic mass is 16.4. The Labute approximate surface area is 122 Å². The molecule has 1 aliphatic carbocycles. The highest BCUT2D eigenvalue weighted by Gasteiger charge is 2.32. The van der Waals surface area contributed by atoms with E-state index in [1.54, 1.807) is 11.1 Å². The molecule has 2 aliphatic rings. The van der Waals surface area contributed by atoms with Crippen LogP contribution in [0.15, 0.2) is 12.4 Å². The Hall–Kier alpha value is -2.05. The second-order valence-electron chi connectivity index (χ2n) is 5.99. The first-order chi connectivity index (χ1) is 10.0. The lowest BCUT2D eigenvalue weighted by Crippen LogP contribution is -2.33. The summed E-state index contributed by atoms with van der Waals surface area (Å²) in [4.78, 5) is 24.5. The number of rotatable bonds is 4. The average Bonchev–Trinajstić information content (AvgIpc) is 3.00. The topological polar surface area (TPSA) is 87.5 Å². The van der Waals surface area contributed by atoms with E-state index in [1.165, 1.54) is 12.8 Å². The molecule has 7 heteroatoms. The number of anilines is 1. The minimum atomic E-state index is -0.837. The third-order valence-electron chi connectivity index (χ3n) is 4.40. The maximum Gasteiger partial charge on any atom is 0.321 e. The quantitative estimate of drug-likeness (QED) is 0.885. The number of nitrogens with one attached hydrogen (secondary N) is 1. The summed E-state index contributed by atoms with van der Waals surface area (Å²) in [6.07, 6.45) is 6.48. The second kappa shape index (κ2) is 5.38. The van der Waals surface area contributed by atoms with Gasteiger partial charge < -0.3 is 15.3 Å². The van der Waals surface area contributed by atoms with Gasteiger partial charge in [-0.15, -0.1) is 0 Å². The fourth-order valence-corrected chi connectivity index (χ4v) is 2.77. The molecular formula is C14H20N4O3. The van der Waals surface area contributed by atoms with Gasteiger partial charge in [0.1, 0.15) is 0 Å². The summed E-state index contributed by atoms with van der Waals surface area (Å²) in [6, 6.07) is 0.108. The summed E-state index contributed by atoms with van der Waals surface area (Å²) in [7, 11) is 0. The molecule has 1 saturated carbocycles. The Bertz CT molecular complexity index is 552. The van der Waals surface area contributed by atoms with E-state index in [2.05, 4.69) is 17.3 Å². The van der Waals surface area contributed by atoms with Gasteiger partial charge in [-0.05, 0) is 32.1 Å². The first-order valence-electron chi connectivity index (χ1n) is 7.37. The Morgan fingerprint density at radius 3 is 2.81 bits per heavy atom. The molecule has 1 aromatic heterocycles. The van der Waals surface area contributed by atoms with Crippen LogP contribution in [0.1, 0.15) is 32.2 Å². The van der Waals surface area contributed by atoms with Crippen molar-refractivity contribution in [1.82, 2.24) is 14.7 Å². The van der Waals surface area contributed by atoms with Crippen molar-refractivity contribution in [3.05, 3.63) is 12.4 Å². The van der Waals surface area contributed by atoms with E-state index in [9.17, 15) is 9.59 Å². The zero-order valence-corrected chi connectivity index (χ0v) is 12.0. The molecule has 1 aromatic rings. The molecule has 0 bridgehead atoms. The molecule has 7 nitrogen and oxygen atoms in total. The summed E-state index contributed by atoms with van der Waals surface area (Å²) in [5.41, 5.74) is 0.659. The van der Waals surface area contributed by atoms with Crippen LogP contribution in [0.25, 0.3) is 0 Å². The number of amides is 2. The lowest BCUT2D eigenvalue weighted by Gasteiger charge is -2.16. The number of carboxylic acid groups (broad SMARTS) is 1. The Morgan fingerprint density at radius 2 is 2.19 bits per heavy atom. The zero-order chi connectivity index (χ0) is 15.0. The van der Waals surface area contributed by atoms with Crippen LogP contribution < -0.4 is 5.32 Å². The third kappa shape index (κ3) is 3.01. The van der Waals surface area contributed by atoms with Gasteiger partial charge in [0.05, 0.1) is 23.8 Å². The van der Waals surface area contributed by atoms with E-state index in [0.717, 1.165) is 0 Å². The van der Waals surface area contributed by atoms with Crippen LogP contribution >= 0.6 is 0 Å². The number of hydrogen-bond donors (Lipinski definition) is 2. The first-order valence-corrected chi connectivity index (χ1v) is 7.37. The Kier molecular flexibility index (Phi) is 3.57. The molecule has 2 atom stereocenters. The van der Waals surface area contributed by atoms with Crippen LogP contribution in [0.2, 0.25) is 0 Å². The van der Waals surface area contributed by atoms with Crippen LogP contribution in [0.5, 0.6) is 0 Å². The average molecular weight is 292 g/mol. The maximum atomic E-state index is 12.1. The summed E-state index contributed by atoms with van der Waals surface area (Å²) < 4.78 is 1.89. The summed E-state index contributed by atoms with van der Waals surface area (Å²) in [5, 5.41) is 16.0. The number of urea groups is 1. The number of carbonyl (C=O) groups is 2.